The molecule has 1 fully saturated rings. The van der Waals surface area contributed by atoms with Crippen LogP contribution in [0.15, 0.2) is 56.8 Å². The van der Waals surface area contributed by atoms with E-state index in [4.69, 9.17) is 9.95 Å². The van der Waals surface area contributed by atoms with Crippen molar-refractivity contribution in [1.82, 2.24) is 0 Å². The van der Waals surface area contributed by atoms with E-state index in [1.165, 1.54) is 21.9 Å². The van der Waals surface area contributed by atoms with Crippen molar-refractivity contribution in [1.29, 1.82) is 0 Å². The van der Waals surface area contributed by atoms with Gasteiger partial charge in [-0.1, -0.05) is 5.11 Å². The number of fused-ring (bicyclic) bond motifs is 1. The van der Waals surface area contributed by atoms with Gasteiger partial charge in [0.25, 0.3) is 0 Å². The minimum atomic E-state index is -1.03. The first-order valence-corrected chi connectivity index (χ1v) is 16.5. The van der Waals surface area contributed by atoms with Gasteiger partial charge in [0.2, 0.25) is 0 Å². The van der Waals surface area contributed by atoms with Crippen molar-refractivity contribution in [3.63, 3.8) is 0 Å². The molecular formula is C20H17AsN4O3S2. The zero-order valence-electron chi connectivity index (χ0n) is 16.0. The van der Waals surface area contributed by atoms with Crippen molar-refractivity contribution in [2.75, 3.05) is 16.8 Å². The molecule has 0 bridgehead atoms. The summed E-state index contributed by atoms with van der Waals surface area (Å²) in [5, 5.41) is 7.09. The molecule has 1 N–H and O–H groups in total. The Morgan fingerprint density at radius 2 is 1.97 bits per heavy atom. The molecule has 2 heterocycles. The Balaban J connectivity index is 1.51. The molecule has 2 aromatic carbocycles. The maximum absolute atomic E-state index is 12.6. The van der Waals surface area contributed by atoms with Gasteiger partial charge in [0.15, 0.2) is 0 Å². The van der Waals surface area contributed by atoms with Crippen molar-refractivity contribution in [3.8, 4) is 0 Å². The van der Waals surface area contributed by atoms with Crippen molar-refractivity contribution in [2.24, 2.45) is 5.11 Å². The molecule has 0 aliphatic carbocycles. The van der Waals surface area contributed by atoms with Crippen molar-refractivity contribution >= 4 is 65.0 Å². The SMILES string of the molecule is Cc1c(CC(=O)Nc2ccc([As]3SCCS3)cc2)c(=O)oc2cc(N=[N+]=[N-])ccc12. The van der Waals surface area contributed by atoms with Crippen molar-refractivity contribution in [2.45, 2.75) is 13.3 Å². The van der Waals surface area contributed by atoms with Gasteiger partial charge in [0.1, 0.15) is 0 Å². The molecule has 30 heavy (non-hydrogen) atoms. The van der Waals surface area contributed by atoms with E-state index >= 15 is 0 Å². The number of amides is 1. The summed E-state index contributed by atoms with van der Waals surface area (Å²) in [4.78, 5) is 27.7. The Morgan fingerprint density at radius 3 is 2.67 bits per heavy atom. The number of benzene rings is 2. The number of carbonyl (C=O) groups is 1. The summed E-state index contributed by atoms with van der Waals surface area (Å²) in [5.74, 6) is 2.18. The number of rotatable bonds is 5. The molecule has 1 aromatic heterocycles. The Hall–Kier alpha value is -2.31. The van der Waals surface area contributed by atoms with E-state index in [9.17, 15) is 9.59 Å². The number of nitrogens with zero attached hydrogens (tertiary/aromatic N) is 3. The van der Waals surface area contributed by atoms with Crippen molar-refractivity contribution in [3.05, 3.63) is 74.5 Å². The first-order chi connectivity index (χ1) is 14.5. The van der Waals surface area contributed by atoms with Gasteiger partial charge in [-0.25, -0.2) is 0 Å². The molecule has 1 aliphatic heterocycles. The second-order valence-corrected chi connectivity index (χ2v) is 18.3. The zero-order valence-corrected chi connectivity index (χ0v) is 19.5. The summed E-state index contributed by atoms with van der Waals surface area (Å²) in [7, 11) is 4.15. The van der Waals surface area contributed by atoms with E-state index in [-0.39, 0.29) is 12.3 Å². The average Bonchev–Trinajstić information content (AvgIpc) is 3.27. The molecule has 1 amide bonds. The van der Waals surface area contributed by atoms with Gasteiger partial charge in [-0.2, -0.15) is 0 Å². The number of hydrogen-bond acceptors (Lipinski definition) is 6. The van der Waals surface area contributed by atoms with Gasteiger partial charge in [-0.3, -0.25) is 0 Å². The van der Waals surface area contributed by atoms with Crippen LogP contribution in [-0.2, 0) is 11.2 Å². The van der Waals surface area contributed by atoms with Gasteiger partial charge in [-0.05, 0) is 5.53 Å². The molecule has 0 radical (unpaired) electrons. The molecule has 1 aliphatic rings. The van der Waals surface area contributed by atoms with Gasteiger partial charge < -0.3 is 0 Å². The first-order valence-electron chi connectivity index (χ1n) is 9.12. The predicted molar refractivity (Wildman–Crippen MR) is 125 cm³/mol. The fourth-order valence-corrected chi connectivity index (χ4v) is 17.3. The molecule has 0 spiro atoms. The van der Waals surface area contributed by atoms with Crippen LogP contribution >= 0.6 is 20.0 Å². The molecule has 0 saturated carbocycles. The zero-order chi connectivity index (χ0) is 21.1. The maximum atomic E-state index is 12.6. The standard InChI is InChI=1S/C20H17AsN4O3S2/c1-12-16-7-6-15(24-25-22)10-18(16)28-20(27)17(12)11-19(26)23-14-4-2-13(3-5-14)21-29-8-9-30-21/h2-7,10H,8-9,11H2,1H3,(H,23,26). The summed E-state index contributed by atoms with van der Waals surface area (Å²) < 4.78 is 6.75. The molecule has 0 atom stereocenters. The Bertz CT molecular complexity index is 1220. The van der Waals surface area contributed by atoms with Gasteiger partial charge in [0, 0.05) is 10.6 Å². The van der Waals surface area contributed by atoms with Crippen LogP contribution in [0.4, 0.5) is 11.4 Å². The van der Waals surface area contributed by atoms with Crippen LogP contribution < -0.4 is 15.3 Å². The van der Waals surface area contributed by atoms with E-state index < -0.39 is 18.0 Å². The fraction of sp³-hybridized carbons (Fsp3) is 0.200. The second kappa shape index (κ2) is 9.23. The second-order valence-electron chi connectivity index (χ2n) is 6.56. The first kappa shape index (κ1) is 20.9. The van der Waals surface area contributed by atoms with E-state index in [0.717, 1.165) is 0 Å². The Morgan fingerprint density at radius 1 is 1.23 bits per heavy atom. The van der Waals surface area contributed by atoms with E-state index in [0.29, 0.717) is 33.5 Å². The number of aryl methyl sites for hydroxylation is 1. The van der Waals surface area contributed by atoms with Crippen LogP contribution in [0.3, 0.4) is 0 Å². The van der Waals surface area contributed by atoms with Crippen LogP contribution in [0.1, 0.15) is 11.1 Å². The van der Waals surface area contributed by atoms with Gasteiger partial charge in [0.05, 0.1) is 0 Å². The third-order valence-electron chi connectivity index (χ3n) is 4.63. The van der Waals surface area contributed by atoms with Gasteiger partial charge >= 0.3 is 163 Å². The molecule has 1 saturated heterocycles. The van der Waals surface area contributed by atoms with Crippen LogP contribution in [0.2, 0.25) is 0 Å². The summed E-state index contributed by atoms with van der Waals surface area (Å²) >= 11 is -1.03. The Kier molecular flexibility index (Phi) is 6.44. The average molecular weight is 500 g/mol. The van der Waals surface area contributed by atoms with E-state index in [1.54, 1.807) is 19.1 Å². The summed E-state index contributed by atoms with van der Waals surface area (Å²) in [6.07, 6.45) is -0.0759. The third kappa shape index (κ3) is 4.55. The quantitative estimate of drug-likeness (QED) is 0.184. The Labute approximate surface area is 183 Å². The number of carbonyl (C=O) groups excluding carboxylic acids is 1. The third-order valence-corrected chi connectivity index (χ3v) is 18.4. The number of hydrogen-bond donors (Lipinski definition) is 1. The predicted octanol–water partition coefficient (Wildman–Crippen LogP) is 4.40. The number of anilines is 1. The topological polar surface area (TPSA) is 108 Å². The number of nitrogens with one attached hydrogen (secondary N) is 1. The molecule has 0 unspecified atom stereocenters. The van der Waals surface area contributed by atoms with Crippen LogP contribution in [-0.4, -0.2) is 29.8 Å². The summed E-state index contributed by atoms with van der Waals surface area (Å²) in [6, 6.07) is 12.9. The normalized spacial score (nSPS) is 13.9. The molecule has 7 nitrogen and oxygen atoms in total. The molecule has 152 valence electrons. The fourth-order valence-electron chi connectivity index (χ4n) is 3.16. The summed E-state index contributed by atoms with van der Waals surface area (Å²) in [5.41, 5.74) is 10.4. The number of azide groups is 1. The van der Waals surface area contributed by atoms with Crippen LogP contribution in [0.25, 0.3) is 21.4 Å². The molecular weight excluding hydrogens is 483 g/mol. The molecule has 4 rings (SSSR count). The van der Waals surface area contributed by atoms with E-state index in [2.05, 4.69) is 47.5 Å². The minimum absolute atomic E-state index is 0.0759. The van der Waals surface area contributed by atoms with Crippen LogP contribution in [0.5, 0.6) is 0 Å². The molecule has 10 heteroatoms. The van der Waals surface area contributed by atoms with Crippen LogP contribution in [0, 0.1) is 6.92 Å². The van der Waals surface area contributed by atoms with E-state index in [1.807, 2.05) is 12.1 Å². The van der Waals surface area contributed by atoms with Crippen molar-refractivity contribution < 1.29 is 9.21 Å². The van der Waals surface area contributed by atoms with Gasteiger partial charge in [-0.15, -0.1) is 0 Å². The summed E-state index contributed by atoms with van der Waals surface area (Å²) in [6.45, 7) is 1.78. The molecule has 3 aromatic rings. The monoisotopic (exact) mass is 500 g/mol.